The van der Waals surface area contributed by atoms with Crippen LogP contribution in [0.5, 0.6) is 0 Å². The summed E-state index contributed by atoms with van der Waals surface area (Å²) in [4.78, 5) is 34.3. The van der Waals surface area contributed by atoms with E-state index in [9.17, 15) is 9.59 Å². The Bertz CT molecular complexity index is 1170. The third-order valence-corrected chi connectivity index (χ3v) is 6.39. The lowest BCUT2D eigenvalue weighted by Gasteiger charge is -2.37. The third kappa shape index (κ3) is 3.86. The average molecular weight is 420 g/mol. The van der Waals surface area contributed by atoms with Crippen molar-refractivity contribution < 1.29 is 14.4 Å². The number of amides is 1. The fourth-order valence-corrected chi connectivity index (χ4v) is 4.58. The zero-order valence-electron chi connectivity index (χ0n) is 17.7. The molecule has 1 aromatic heterocycles. The second-order valence-electron chi connectivity index (χ2n) is 8.45. The first-order valence-corrected chi connectivity index (χ1v) is 10.9. The van der Waals surface area contributed by atoms with Crippen molar-refractivity contribution in [1.82, 2.24) is 14.5 Å². The van der Waals surface area contributed by atoms with Crippen LogP contribution < -0.4 is 10.5 Å². The van der Waals surface area contributed by atoms with Crippen LogP contribution in [0, 0.1) is 6.92 Å². The first-order chi connectivity index (χ1) is 15.1. The first kappa shape index (κ1) is 19.9. The van der Waals surface area contributed by atoms with E-state index < -0.39 is 0 Å². The van der Waals surface area contributed by atoms with Crippen molar-refractivity contribution in [2.45, 2.75) is 26.1 Å². The molecule has 31 heavy (non-hydrogen) atoms. The summed E-state index contributed by atoms with van der Waals surface area (Å²) in [5.41, 5.74) is 2.85. The fourth-order valence-electron chi connectivity index (χ4n) is 4.58. The van der Waals surface area contributed by atoms with Crippen LogP contribution in [-0.2, 0) is 22.6 Å². The molecule has 0 bridgehead atoms. The summed E-state index contributed by atoms with van der Waals surface area (Å²) in [6.45, 7) is 6.61. The molecule has 5 rings (SSSR count). The van der Waals surface area contributed by atoms with Gasteiger partial charge in [-0.3, -0.25) is 14.2 Å². The second kappa shape index (κ2) is 8.24. The number of benzene rings is 2. The molecule has 1 atom stereocenters. The number of hydrogen-bond acceptors (Lipinski definition) is 4. The van der Waals surface area contributed by atoms with Crippen LogP contribution in [0.25, 0.3) is 10.9 Å². The Morgan fingerprint density at radius 1 is 1.03 bits per heavy atom. The van der Waals surface area contributed by atoms with Gasteiger partial charge in [0.1, 0.15) is 38.0 Å². The van der Waals surface area contributed by atoms with Gasteiger partial charge in [-0.25, -0.2) is 4.98 Å². The number of rotatable bonds is 4. The number of morpholine rings is 1. The second-order valence-corrected chi connectivity index (χ2v) is 8.45. The number of fused-ring (bicyclic) bond motifs is 2. The van der Waals surface area contributed by atoms with Crippen LogP contribution in [0.15, 0.2) is 53.3 Å². The molecule has 1 amide bonds. The lowest BCUT2D eigenvalue weighted by atomic mass is 10.0. The van der Waals surface area contributed by atoms with Crippen LogP contribution in [0.3, 0.4) is 0 Å². The smallest absolute Gasteiger partial charge is 0.261 e. The lowest BCUT2D eigenvalue weighted by Crippen LogP contribution is -3.14. The van der Waals surface area contributed by atoms with Crippen molar-refractivity contribution in [3.05, 3.63) is 75.8 Å². The lowest BCUT2D eigenvalue weighted by molar-refractivity contribution is -0.910. The van der Waals surface area contributed by atoms with Crippen LogP contribution >= 0.6 is 0 Å². The van der Waals surface area contributed by atoms with E-state index in [1.807, 2.05) is 23.1 Å². The Hall–Kier alpha value is -3.03. The number of ether oxygens (including phenoxy) is 1. The molecule has 0 unspecified atom stereocenters. The predicted octanol–water partition coefficient (Wildman–Crippen LogP) is 0.704. The zero-order chi connectivity index (χ0) is 21.4. The van der Waals surface area contributed by atoms with Gasteiger partial charge in [-0.15, -0.1) is 0 Å². The first-order valence-electron chi connectivity index (χ1n) is 10.9. The molecule has 3 aromatic rings. The van der Waals surface area contributed by atoms with Gasteiger partial charge in [0.05, 0.1) is 30.7 Å². The van der Waals surface area contributed by atoms with E-state index in [1.165, 1.54) is 15.0 Å². The Morgan fingerprint density at radius 3 is 2.55 bits per heavy atom. The number of hydrogen-bond donors (Lipinski definition) is 1. The number of nitrogens with zero attached hydrogens (tertiary/aromatic N) is 3. The largest absolute Gasteiger partial charge is 0.370 e. The van der Waals surface area contributed by atoms with Gasteiger partial charge in [-0.05, 0) is 24.6 Å². The zero-order valence-corrected chi connectivity index (χ0v) is 17.7. The minimum Gasteiger partial charge on any atom is -0.370 e. The molecular formula is C24H27N4O3+. The number of nitrogens with one attached hydrogen (secondary N) is 1. The highest BCUT2D eigenvalue weighted by Crippen LogP contribution is 2.25. The highest BCUT2D eigenvalue weighted by Gasteiger charge is 2.34. The average Bonchev–Trinajstić information content (AvgIpc) is 2.79. The number of quaternary nitrogens is 1. The molecule has 1 saturated heterocycles. The quantitative estimate of drug-likeness (QED) is 0.676. The van der Waals surface area contributed by atoms with E-state index >= 15 is 0 Å². The summed E-state index contributed by atoms with van der Waals surface area (Å²) in [7, 11) is 0. The van der Waals surface area contributed by atoms with Crippen molar-refractivity contribution in [3.63, 3.8) is 0 Å². The molecule has 0 saturated carbocycles. The molecule has 2 aliphatic rings. The Kier molecular flexibility index (Phi) is 5.29. The number of aromatic nitrogens is 2. The maximum atomic E-state index is 13.3. The van der Waals surface area contributed by atoms with Crippen molar-refractivity contribution >= 4 is 16.8 Å². The van der Waals surface area contributed by atoms with E-state index in [0.29, 0.717) is 23.3 Å². The van der Waals surface area contributed by atoms with Gasteiger partial charge >= 0.3 is 0 Å². The highest BCUT2D eigenvalue weighted by molar-refractivity contribution is 5.80. The number of aryl methyl sites for hydroxylation is 1. The third-order valence-electron chi connectivity index (χ3n) is 6.39. The van der Waals surface area contributed by atoms with Crippen LogP contribution in [0.4, 0.5) is 0 Å². The summed E-state index contributed by atoms with van der Waals surface area (Å²) in [5.74, 6) is 0.613. The molecule has 7 heteroatoms. The molecule has 2 aromatic carbocycles. The van der Waals surface area contributed by atoms with E-state index in [0.717, 1.165) is 38.4 Å². The number of carbonyl (C=O) groups excluding carboxylic acids is 1. The van der Waals surface area contributed by atoms with Gasteiger partial charge in [0, 0.05) is 0 Å². The van der Waals surface area contributed by atoms with Crippen molar-refractivity contribution in [1.29, 1.82) is 0 Å². The standard InChI is InChI=1S/C24H26N4O3/c1-17-6-8-18(9-7-17)21(14-26-10-12-31-13-11-26)27-15-22-25-20-5-3-2-4-19(20)24(30)28(22)16-23(27)29/h2-9,21H,10-16H2,1H3/p+1/t21-/m1/s1. The summed E-state index contributed by atoms with van der Waals surface area (Å²) >= 11 is 0. The topological polar surface area (TPSA) is 68.9 Å². The number of carbonyl (C=O) groups is 1. The van der Waals surface area contributed by atoms with Crippen LogP contribution in [0.1, 0.15) is 23.0 Å². The van der Waals surface area contributed by atoms with E-state index in [1.54, 1.807) is 6.07 Å². The molecule has 7 nitrogen and oxygen atoms in total. The van der Waals surface area contributed by atoms with Gasteiger partial charge in [0.15, 0.2) is 0 Å². The molecule has 160 valence electrons. The normalized spacial score (nSPS) is 18.2. The predicted molar refractivity (Wildman–Crippen MR) is 117 cm³/mol. The monoisotopic (exact) mass is 419 g/mol. The molecule has 0 spiro atoms. The van der Waals surface area contributed by atoms with E-state index in [-0.39, 0.29) is 24.1 Å². The number of para-hydroxylation sites is 1. The van der Waals surface area contributed by atoms with Crippen molar-refractivity contribution in [3.8, 4) is 0 Å². The van der Waals surface area contributed by atoms with Gasteiger partial charge in [0.2, 0.25) is 5.91 Å². The van der Waals surface area contributed by atoms with E-state index in [4.69, 9.17) is 9.72 Å². The molecule has 2 aliphatic heterocycles. The van der Waals surface area contributed by atoms with Gasteiger partial charge in [-0.1, -0.05) is 42.0 Å². The van der Waals surface area contributed by atoms with Crippen LogP contribution in [0.2, 0.25) is 0 Å². The molecule has 3 heterocycles. The van der Waals surface area contributed by atoms with Crippen molar-refractivity contribution in [2.75, 3.05) is 32.8 Å². The fraction of sp³-hybridized carbons (Fsp3) is 0.375. The Balaban J connectivity index is 1.52. The Morgan fingerprint density at radius 2 is 1.77 bits per heavy atom. The molecule has 0 radical (unpaired) electrons. The van der Waals surface area contributed by atoms with E-state index in [2.05, 4.69) is 31.2 Å². The minimum atomic E-state index is -0.140. The Labute approximate surface area is 180 Å². The molecule has 0 aliphatic carbocycles. The summed E-state index contributed by atoms with van der Waals surface area (Å²) < 4.78 is 7.06. The van der Waals surface area contributed by atoms with Gasteiger partial charge in [0.25, 0.3) is 5.56 Å². The maximum absolute atomic E-state index is 13.3. The van der Waals surface area contributed by atoms with Crippen molar-refractivity contribution in [2.24, 2.45) is 0 Å². The molecular weight excluding hydrogens is 392 g/mol. The van der Waals surface area contributed by atoms with Crippen LogP contribution in [-0.4, -0.2) is 53.2 Å². The molecule has 1 fully saturated rings. The SMILES string of the molecule is Cc1ccc([C@@H](C[NH+]2CCOCC2)N2Cc3nc4ccccc4c(=O)n3CC2=O)cc1. The van der Waals surface area contributed by atoms with Gasteiger partial charge in [-0.2, -0.15) is 0 Å². The summed E-state index contributed by atoms with van der Waals surface area (Å²) in [5, 5.41) is 0.556. The maximum Gasteiger partial charge on any atom is 0.261 e. The summed E-state index contributed by atoms with van der Waals surface area (Å²) in [6, 6.07) is 15.7. The summed E-state index contributed by atoms with van der Waals surface area (Å²) in [6.07, 6.45) is 0. The minimum absolute atomic E-state index is 0.0345. The van der Waals surface area contributed by atoms with Gasteiger partial charge < -0.3 is 14.5 Å². The molecule has 1 N–H and O–H groups in total. The highest BCUT2D eigenvalue weighted by atomic mass is 16.5.